The maximum atomic E-state index is 13.1. The monoisotopic (exact) mass is 1500 g/mol. The van der Waals surface area contributed by atoms with Crippen molar-refractivity contribution < 1.29 is 71.2 Å². The molecule has 12 rings (SSSR count). The number of hydrogen-bond acceptors (Lipinski definition) is 22. The molecule has 12 N–H and O–H groups in total. The van der Waals surface area contributed by atoms with Crippen molar-refractivity contribution in [2.24, 2.45) is 22.9 Å². The zero-order valence-electron chi connectivity index (χ0n) is 59.6. The molecule has 0 bridgehead atoms. The van der Waals surface area contributed by atoms with Gasteiger partial charge in [0.2, 0.25) is 41.3 Å². The van der Waals surface area contributed by atoms with Gasteiger partial charge in [0.1, 0.15) is 49.4 Å². The number of ether oxygens (including phenoxy) is 6. The number of anilines is 4. The van der Waals surface area contributed by atoms with Crippen molar-refractivity contribution in [3.8, 4) is 34.8 Å². The van der Waals surface area contributed by atoms with Crippen molar-refractivity contribution in [2.45, 2.75) is 40.3 Å². The number of nitrogens with zero attached hydrogens (tertiary/aromatic N) is 8. The first-order valence-electron chi connectivity index (χ1n) is 33.4. The number of methoxy groups -OCH3 is 1. The number of carbonyl (C=O) groups is 8. The number of amides is 8. The molecule has 0 saturated carbocycles. The molecule has 0 aliphatic rings. The maximum absolute atomic E-state index is 13.1. The Morgan fingerprint density at radius 2 is 0.667 bits per heavy atom. The van der Waals surface area contributed by atoms with Gasteiger partial charge >= 0.3 is 0 Å². The molecule has 8 amide bonds. The molecular formula is C80H71FN16O14. The fourth-order valence-corrected chi connectivity index (χ4v) is 9.49. The topological polar surface area (TPSA) is 447 Å². The summed E-state index contributed by atoms with van der Waals surface area (Å²) in [6.45, 7) is 5.15. The number of benzene rings is 4. The van der Waals surface area contributed by atoms with Gasteiger partial charge in [0.15, 0.2) is 0 Å². The van der Waals surface area contributed by atoms with E-state index in [0.29, 0.717) is 80.8 Å². The summed E-state index contributed by atoms with van der Waals surface area (Å²) in [7, 11) is 1.51. The van der Waals surface area contributed by atoms with E-state index in [9.17, 15) is 42.7 Å². The second-order valence-corrected chi connectivity index (χ2v) is 23.3. The van der Waals surface area contributed by atoms with Crippen molar-refractivity contribution in [1.29, 1.82) is 0 Å². The molecule has 0 aliphatic heterocycles. The number of nitrogens with one attached hydrogen (secondary N) is 4. The first-order chi connectivity index (χ1) is 53.6. The van der Waals surface area contributed by atoms with Gasteiger partial charge in [0.25, 0.3) is 23.6 Å². The van der Waals surface area contributed by atoms with Crippen LogP contribution < -0.4 is 72.6 Å². The lowest BCUT2D eigenvalue weighted by Gasteiger charge is -2.10. The van der Waals surface area contributed by atoms with Crippen LogP contribution in [0.4, 0.5) is 27.1 Å². The van der Waals surface area contributed by atoms with Gasteiger partial charge in [-0.2, -0.15) is 4.39 Å². The SMILES string of the molecule is CCOc1ccc(C(=O)Nc2cccc(COc3cncc(C(N)=O)c3)c2)cn1.COc1ccc(C(=O)Nc2cccc(COc3cncc(C(N)=O)c3)c2)cn1.Cc1ccc(C(=O)Nc2cccc(COc3cncc(C(N)=O)c3)c2)cn1.NC(=O)c1cncc(OCc2cccc(NC(=O)c3ccnc(F)c3)c2)c1. The number of pyridine rings is 8. The normalized spacial score (nSPS) is 10.2. The summed E-state index contributed by atoms with van der Waals surface area (Å²) in [5, 5.41) is 11.2. The standard InChI is InChI=1S/C21H20N4O4.C20H18N4O4.C20H18N4O3.C19H15FN4O3/c1-2-28-19-7-6-15(11-24-19)21(27)25-17-5-3-4-14(8-17)13-29-18-9-16(20(22)26)10-23-12-18;1-27-18-6-5-14(10-23-18)20(26)24-16-4-2-3-13(7-16)12-28-17-8-15(19(21)25)9-22-11-17;1-13-5-6-15(10-23-13)20(26)24-17-4-2-3-14(7-17)12-27-18-8-16(19(21)25)9-22-11-18;20-17-8-13(4-5-23-17)19(26)24-15-3-1-2-12(6-15)11-27-16-7-14(18(21)25)9-22-10-16/h3-12H,2,13H2,1H3,(H2,22,26)(H,25,27);2-11H,12H2,1H3,(H2,21,25)(H,24,26);2-11H,12H2,1H3,(H2,21,25)(H,24,26);1-10H,11H2,(H2,21,25)(H,24,26). The molecule has 0 unspecified atom stereocenters. The predicted octanol–water partition coefficient (Wildman–Crippen LogP) is 10.5. The highest BCUT2D eigenvalue weighted by Gasteiger charge is 2.15. The highest BCUT2D eigenvalue weighted by atomic mass is 19.1. The van der Waals surface area contributed by atoms with Crippen molar-refractivity contribution in [3.05, 3.63) is 323 Å². The van der Waals surface area contributed by atoms with Gasteiger partial charge in [-0.15, -0.1) is 0 Å². The minimum atomic E-state index is -0.725. The summed E-state index contributed by atoms with van der Waals surface area (Å²) < 4.78 is 45.9. The summed E-state index contributed by atoms with van der Waals surface area (Å²) in [4.78, 5) is 125. The van der Waals surface area contributed by atoms with Crippen LogP contribution in [0.5, 0.6) is 34.8 Å². The second kappa shape index (κ2) is 40.2. The third-order valence-electron chi connectivity index (χ3n) is 15.0. The minimum absolute atomic E-state index is 0.165. The van der Waals surface area contributed by atoms with E-state index in [0.717, 1.165) is 34.0 Å². The average molecular weight is 1500 g/mol. The predicted molar refractivity (Wildman–Crippen MR) is 405 cm³/mol. The Morgan fingerprint density at radius 1 is 0.342 bits per heavy atom. The van der Waals surface area contributed by atoms with E-state index in [1.165, 1.54) is 112 Å². The number of hydrogen-bond donors (Lipinski definition) is 8. The highest BCUT2D eigenvalue weighted by molar-refractivity contribution is 6.06. The molecule has 0 saturated heterocycles. The molecule has 12 aromatic rings. The number of aromatic nitrogens is 8. The van der Waals surface area contributed by atoms with E-state index < -0.39 is 35.5 Å². The van der Waals surface area contributed by atoms with Gasteiger partial charge in [-0.3, -0.25) is 63.3 Å². The summed E-state index contributed by atoms with van der Waals surface area (Å²) in [5.41, 5.74) is 30.0. The molecule has 0 radical (unpaired) electrons. The van der Waals surface area contributed by atoms with E-state index in [1.807, 2.05) is 56.3 Å². The summed E-state index contributed by atoms with van der Waals surface area (Å²) >= 11 is 0. The lowest BCUT2D eigenvalue weighted by Crippen LogP contribution is -2.12. The Balaban J connectivity index is 0.000000170. The van der Waals surface area contributed by atoms with E-state index in [-0.39, 0.29) is 72.0 Å². The number of aryl methyl sites for hydroxylation is 1. The summed E-state index contributed by atoms with van der Waals surface area (Å²) in [6.07, 6.45) is 17.1. The highest BCUT2D eigenvalue weighted by Crippen LogP contribution is 2.23. The molecule has 562 valence electrons. The van der Waals surface area contributed by atoms with Gasteiger partial charge in [-0.05, 0) is 139 Å². The van der Waals surface area contributed by atoms with Gasteiger partial charge in [0, 0.05) is 102 Å². The van der Waals surface area contributed by atoms with E-state index in [2.05, 4.69) is 61.1 Å². The van der Waals surface area contributed by atoms with E-state index >= 15 is 0 Å². The average Bonchev–Trinajstić information content (AvgIpc) is 0.886. The zero-order chi connectivity index (χ0) is 79.0. The molecule has 31 heteroatoms. The maximum Gasteiger partial charge on any atom is 0.257 e. The van der Waals surface area contributed by atoms with Crippen LogP contribution in [0.15, 0.2) is 244 Å². The number of carbonyl (C=O) groups excluding carboxylic acids is 8. The fourth-order valence-electron chi connectivity index (χ4n) is 9.49. The largest absolute Gasteiger partial charge is 0.487 e. The van der Waals surface area contributed by atoms with Gasteiger partial charge < -0.3 is 72.6 Å². The second-order valence-electron chi connectivity index (χ2n) is 23.3. The van der Waals surface area contributed by atoms with Crippen LogP contribution in [0.1, 0.15) is 118 Å². The van der Waals surface area contributed by atoms with E-state index in [1.54, 1.807) is 91.0 Å². The van der Waals surface area contributed by atoms with Crippen molar-refractivity contribution in [2.75, 3.05) is 35.0 Å². The first kappa shape index (κ1) is 79.7. The Morgan fingerprint density at radius 3 is 0.955 bits per heavy atom. The van der Waals surface area contributed by atoms with Gasteiger partial charge in [-0.1, -0.05) is 48.5 Å². The molecule has 0 atom stereocenters. The number of rotatable bonds is 27. The van der Waals surface area contributed by atoms with Crippen molar-refractivity contribution in [1.82, 2.24) is 39.9 Å². The first-order valence-corrected chi connectivity index (χ1v) is 33.4. The lowest BCUT2D eigenvalue weighted by atomic mass is 10.2. The molecular weight excluding hydrogens is 1430 g/mol. The minimum Gasteiger partial charge on any atom is -0.487 e. The van der Waals surface area contributed by atoms with Crippen LogP contribution in [0.3, 0.4) is 0 Å². The fraction of sp³-hybridized carbons (Fsp3) is 0.100. The number of halogens is 1. The smallest absolute Gasteiger partial charge is 0.257 e. The lowest BCUT2D eigenvalue weighted by molar-refractivity contribution is 0.0991. The zero-order valence-corrected chi connectivity index (χ0v) is 59.6. The number of primary amides is 4. The molecule has 4 aromatic carbocycles. The number of nitrogens with two attached hydrogens (primary N) is 4. The molecule has 111 heavy (non-hydrogen) atoms. The van der Waals surface area contributed by atoms with Crippen LogP contribution in [-0.4, -0.2) is 101 Å². The van der Waals surface area contributed by atoms with E-state index in [4.69, 9.17) is 51.4 Å². The summed E-state index contributed by atoms with van der Waals surface area (Å²) in [6, 6.07) is 47.4. The third-order valence-corrected chi connectivity index (χ3v) is 15.0. The van der Waals surface area contributed by atoms with Gasteiger partial charge in [0.05, 0.1) is 77.4 Å². The molecule has 0 fully saturated rings. The summed E-state index contributed by atoms with van der Waals surface area (Å²) in [5.74, 6) is -1.69. The van der Waals surface area contributed by atoms with Crippen LogP contribution >= 0.6 is 0 Å². The molecule has 0 aliphatic carbocycles. The van der Waals surface area contributed by atoms with Crippen LogP contribution in [0.25, 0.3) is 0 Å². The van der Waals surface area contributed by atoms with Gasteiger partial charge in [-0.25, -0.2) is 15.0 Å². The van der Waals surface area contributed by atoms with Crippen LogP contribution in [-0.2, 0) is 26.4 Å². The quantitative estimate of drug-likeness (QED) is 0.0222. The Kier molecular flexibility index (Phi) is 28.8. The van der Waals surface area contributed by atoms with Crippen molar-refractivity contribution >= 4 is 70.0 Å². The Labute approximate surface area is 633 Å². The molecule has 8 aromatic heterocycles. The van der Waals surface area contributed by atoms with Crippen molar-refractivity contribution in [3.63, 3.8) is 0 Å². The molecule has 8 heterocycles. The third kappa shape index (κ3) is 25.7. The Bertz CT molecular complexity index is 5260. The van der Waals surface area contributed by atoms with Crippen LogP contribution in [0, 0.1) is 12.9 Å². The van der Waals surface area contributed by atoms with Crippen LogP contribution in [0.2, 0.25) is 0 Å². The Hall–Kier alpha value is -15.4. The molecule has 30 nitrogen and oxygen atoms in total. The molecule has 0 spiro atoms.